The number of aliphatic hydroxyl groups is 2. The molecule has 1 aliphatic rings. The number of aliphatic hydroxyl groups excluding tert-OH is 1. The molecule has 0 heterocycles. The Bertz CT molecular complexity index is 163. The Morgan fingerprint density at radius 3 is 2.54 bits per heavy atom. The fourth-order valence-corrected chi connectivity index (χ4v) is 2.77. The summed E-state index contributed by atoms with van der Waals surface area (Å²) in [7, 11) is 0. The first-order valence-electron chi connectivity index (χ1n) is 5.32. The summed E-state index contributed by atoms with van der Waals surface area (Å²) in [4.78, 5) is 0. The van der Waals surface area contributed by atoms with Gasteiger partial charge in [0.05, 0.1) is 5.60 Å². The summed E-state index contributed by atoms with van der Waals surface area (Å²) in [5, 5.41) is 19.0. The summed E-state index contributed by atoms with van der Waals surface area (Å²) < 4.78 is 0. The molecule has 1 fully saturated rings. The van der Waals surface area contributed by atoms with E-state index in [0.717, 1.165) is 19.3 Å². The molecule has 78 valence electrons. The third kappa shape index (κ3) is 2.23. The van der Waals surface area contributed by atoms with E-state index >= 15 is 0 Å². The zero-order valence-electron chi connectivity index (χ0n) is 8.95. The van der Waals surface area contributed by atoms with Crippen molar-refractivity contribution in [3.63, 3.8) is 0 Å². The highest BCUT2D eigenvalue weighted by atomic mass is 16.3. The van der Waals surface area contributed by atoms with Crippen molar-refractivity contribution in [3.8, 4) is 0 Å². The highest BCUT2D eigenvalue weighted by Gasteiger charge is 2.44. The highest BCUT2D eigenvalue weighted by Crippen LogP contribution is 2.45. The lowest BCUT2D eigenvalue weighted by Crippen LogP contribution is -2.33. The van der Waals surface area contributed by atoms with Gasteiger partial charge in [0.2, 0.25) is 0 Å². The summed E-state index contributed by atoms with van der Waals surface area (Å²) in [6.07, 6.45) is 2.74. The Hall–Kier alpha value is -0.0800. The summed E-state index contributed by atoms with van der Waals surface area (Å²) in [6, 6.07) is 0. The molecule has 0 radical (unpaired) electrons. The zero-order valence-corrected chi connectivity index (χ0v) is 8.95. The smallest absolute Gasteiger partial charge is 0.0651 e. The number of hydrogen-bond acceptors (Lipinski definition) is 2. The molecule has 0 aromatic heterocycles. The Morgan fingerprint density at radius 1 is 1.46 bits per heavy atom. The lowest BCUT2D eigenvalue weighted by atomic mass is 9.79. The van der Waals surface area contributed by atoms with Crippen molar-refractivity contribution in [2.75, 3.05) is 6.61 Å². The number of hydrogen-bond donors (Lipinski definition) is 2. The molecule has 13 heavy (non-hydrogen) atoms. The van der Waals surface area contributed by atoms with Crippen molar-refractivity contribution in [3.05, 3.63) is 0 Å². The quantitative estimate of drug-likeness (QED) is 0.705. The van der Waals surface area contributed by atoms with Crippen LogP contribution >= 0.6 is 0 Å². The predicted octanol–water partition coefficient (Wildman–Crippen LogP) is 1.80. The van der Waals surface area contributed by atoms with Gasteiger partial charge >= 0.3 is 0 Å². The van der Waals surface area contributed by atoms with E-state index in [9.17, 15) is 5.11 Å². The minimum Gasteiger partial charge on any atom is -0.396 e. The largest absolute Gasteiger partial charge is 0.396 e. The van der Waals surface area contributed by atoms with Gasteiger partial charge in [0.1, 0.15) is 0 Å². The van der Waals surface area contributed by atoms with E-state index in [0.29, 0.717) is 11.8 Å². The molecule has 0 bridgehead atoms. The Balaban J connectivity index is 2.67. The van der Waals surface area contributed by atoms with Crippen LogP contribution < -0.4 is 0 Å². The Morgan fingerprint density at radius 2 is 2.08 bits per heavy atom. The second kappa shape index (κ2) is 3.97. The topological polar surface area (TPSA) is 40.5 Å². The van der Waals surface area contributed by atoms with Gasteiger partial charge in [0.25, 0.3) is 0 Å². The third-order valence-corrected chi connectivity index (χ3v) is 3.60. The molecular formula is C11H22O2. The van der Waals surface area contributed by atoms with Gasteiger partial charge in [-0.05, 0) is 43.9 Å². The van der Waals surface area contributed by atoms with Crippen LogP contribution in [0.25, 0.3) is 0 Å². The highest BCUT2D eigenvalue weighted by molar-refractivity contribution is 4.94. The molecule has 0 aliphatic heterocycles. The first kappa shape index (κ1) is 11.0. The van der Waals surface area contributed by atoms with Crippen LogP contribution in [0.15, 0.2) is 0 Å². The maximum absolute atomic E-state index is 10.1. The fourth-order valence-electron chi connectivity index (χ4n) is 2.77. The summed E-state index contributed by atoms with van der Waals surface area (Å²) >= 11 is 0. The average molecular weight is 186 g/mol. The predicted molar refractivity (Wildman–Crippen MR) is 53.4 cm³/mol. The molecule has 2 N–H and O–H groups in total. The molecular weight excluding hydrogens is 164 g/mol. The van der Waals surface area contributed by atoms with Gasteiger partial charge < -0.3 is 10.2 Å². The average Bonchev–Trinajstić information content (AvgIpc) is 2.29. The van der Waals surface area contributed by atoms with Crippen LogP contribution in [-0.2, 0) is 0 Å². The van der Waals surface area contributed by atoms with Crippen molar-refractivity contribution >= 4 is 0 Å². The molecule has 1 saturated carbocycles. The van der Waals surface area contributed by atoms with Gasteiger partial charge in [-0.25, -0.2) is 0 Å². The van der Waals surface area contributed by atoms with E-state index in [-0.39, 0.29) is 12.5 Å². The second-order valence-corrected chi connectivity index (χ2v) is 4.92. The molecule has 0 spiro atoms. The summed E-state index contributed by atoms with van der Waals surface area (Å²) in [5.41, 5.74) is -0.544. The first-order chi connectivity index (χ1) is 5.99. The van der Waals surface area contributed by atoms with Gasteiger partial charge in [-0.3, -0.25) is 0 Å². The van der Waals surface area contributed by atoms with E-state index in [1.54, 1.807) is 0 Å². The van der Waals surface area contributed by atoms with Crippen LogP contribution in [0.3, 0.4) is 0 Å². The van der Waals surface area contributed by atoms with Gasteiger partial charge in [0.15, 0.2) is 0 Å². The summed E-state index contributed by atoms with van der Waals surface area (Å²) in [5.74, 6) is 1.49. The van der Waals surface area contributed by atoms with Crippen molar-refractivity contribution in [2.45, 2.75) is 45.6 Å². The van der Waals surface area contributed by atoms with Crippen molar-refractivity contribution in [1.82, 2.24) is 0 Å². The maximum atomic E-state index is 10.1. The normalized spacial score (nSPS) is 40.2. The maximum Gasteiger partial charge on any atom is 0.0651 e. The van der Waals surface area contributed by atoms with Crippen LogP contribution in [0.2, 0.25) is 0 Å². The molecule has 2 heteroatoms. The SMILES string of the molecule is CC(C)C1CCC(C)(O)C1CCO. The van der Waals surface area contributed by atoms with Crippen molar-refractivity contribution < 1.29 is 10.2 Å². The second-order valence-electron chi connectivity index (χ2n) is 4.92. The van der Waals surface area contributed by atoms with Gasteiger partial charge in [-0.15, -0.1) is 0 Å². The van der Waals surface area contributed by atoms with Crippen LogP contribution in [-0.4, -0.2) is 22.4 Å². The lowest BCUT2D eigenvalue weighted by molar-refractivity contribution is -0.00552. The first-order valence-corrected chi connectivity index (χ1v) is 5.32. The molecule has 3 unspecified atom stereocenters. The standard InChI is InChI=1S/C11H22O2/c1-8(2)9-4-6-11(3,13)10(9)5-7-12/h8-10,12-13H,4-7H2,1-3H3. The van der Waals surface area contributed by atoms with Gasteiger partial charge in [-0.2, -0.15) is 0 Å². The van der Waals surface area contributed by atoms with Crippen LogP contribution in [0.5, 0.6) is 0 Å². The minimum atomic E-state index is -0.544. The van der Waals surface area contributed by atoms with E-state index < -0.39 is 5.60 Å². The third-order valence-electron chi connectivity index (χ3n) is 3.60. The van der Waals surface area contributed by atoms with Crippen molar-refractivity contribution in [2.24, 2.45) is 17.8 Å². The molecule has 0 amide bonds. The molecule has 2 nitrogen and oxygen atoms in total. The molecule has 3 atom stereocenters. The summed E-state index contributed by atoms with van der Waals surface area (Å²) in [6.45, 7) is 6.52. The lowest BCUT2D eigenvalue weighted by Gasteiger charge is -2.30. The van der Waals surface area contributed by atoms with Crippen LogP contribution in [0.4, 0.5) is 0 Å². The Labute approximate surface area is 81.0 Å². The van der Waals surface area contributed by atoms with Crippen LogP contribution in [0.1, 0.15) is 40.0 Å². The molecule has 0 saturated heterocycles. The van der Waals surface area contributed by atoms with Gasteiger partial charge in [0, 0.05) is 6.61 Å². The van der Waals surface area contributed by atoms with E-state index in [1.165, 1.54) is 0 Å². The Kier molecular flexibility index (Phi) is 3.36. The molecule has 1 aliphatic carbocycles. The fraction of sp³-hybridized carbons (Fsp3) is 1.00. The van der Waals surface area contributed by atoms with Gasteiger partial charge in [-0.1, -0.05) is 13.8 Å². The van der Waals surface area contributed by atoms with Crippen molar-refractivity contribution in [1.29, 1.82) is 0 Å². The van der Waals surface area contributed by atoms with Crippen LogP contribution in [0, 0.1) is 17.8 Å². The zero-order chi connectivity index (χ0) is 10.1. The molecule has 0 aromatic rings. The number of rotatable bonds is 3. The molecule has 1 rings (SSSR count). The van der Waals surface area contributed by atoms with E-state index in [2.05, 4.69) is 13.8 Å². The van der Waals surface area contributed by atoms with E-state index in [1.807, 2.05) is 6.92 Å². The van der Waals surface area contributed by atoms with E-state index in [4.69, 9.17) is 5.11 Å². The minimum absolute atomic E-state index is 0.198. The monoisotopic (exact) mass is 186 g/mol. The molecule has 0 aromatic carbocycles.